The van der Waals surface area contributed by atoms with E-state index in [9.17, 15) is 0 Å². The van der Waals surface area contributed by atoms with Crippen LogP contribution in [0.1, 0.15) is 19.9 Å². The van der Waals surface area contributed by atoms with E-state index >= 15 is 0 Å². The van der Waals surface area contributed by atoms with Crippen molar-refractivity contribution >= 4 is 42.9 Å². The van der Waals surface area contributed by atoms with E-state index in [1.165, 1.54) is 0 Å². The van der Waals surface area contributed by atoms with Crippen molar-refractivity contribution in [3.8, 4) is 0 Å². The summed E-state index contributed by atoms with van der Waals surface area (Å²) in [5.74, 6) is 0. The molecule has 0 amide bonds. The van der Waals surface area contributed by atoms with Crippen LogP contribution < -0.4 is 0 Å². The van der Waals surface area contributed by atoms with Gasteiger partial charge < -0.3 is 0 Å². The SMILES string of the molecule is CC(C)n1nnc2cc(Br)c(Br)cc21. The minimum atomic E-state index is 0.327. The Bertz CT molecular complexity index is 476. The largest absolute Gasteiger partial charge is 0.242 e. The van der Waals surface area contributed by atoms with Gasteiger partial charge in [0, 0.05) is 15.0 Å². The van der Waals surface area contributed by atoms with Crippen molar-refractivity contribution in [3.63, 3.8) is 0 Å². The summed E-state index contributed by atoms with van der Waals surface area (Å²) >= 11 is 6.91. The van der Waals surface area contributed by atoms with E-state index in [0.29, 0.717) is 6.04 Å². The maximum atomic E-state index is 4.10. The summed E-state index contributed by atoms with van der Waals surface area (Å²) < 4.78 is 3.93. The third-order valence-corrected chi connectivity index (χ3v) is 3.85. The molecule has 0 bridgehead atoms. The monoisotopic (exact) mass is 317 g/mol. The third-order valence-electron chi connectivity index (χ3n) is 2.00. The van der Waals surface area contributed by atoms with E-state index in [1.54, 1.807) is 0 Å². The molecule has 0 fully saturated rings. The van der Waals surface area contributed by atoms with E-state index in [1.807, 2.05) is 16.8 Å². The molecule has 0 spiro atoms. The molecule has 3 nitrogen and oxygen atoms in total. The van der Waals surface area contributed by atoms with Crippen LogP contribution in [0.15, 0.2) is 21.1 Å². The molecule has 1 aromatic heterocycles. The van der Waals surface area contributed by atoms with Crippen molar-refractivity contribution in [2.24, 2.45) is 0 Å². The lowest BCUT2D eigenvalue weighted by Gasteiger charge is -2.05. The fraction of sp³-hybridized carbons (Fsp3) is 0.333. The summed E-state index contributed by atoms with van der Waals surface area (Å²) in [6, 6.07) is 4.32. The molecular formula is C9H9Br2N3. The zero-order chi connectivity index (χ0) is 10.3. The van der Waals surface area contributed by atoms with E-state index in [2.05, 4.69) is 56.0 Å². The van der Waals surface area contributed by atoms with Gasteiger partial charge in [0.25, 0.3) is 0 Å². The van der Waals surface area contributed by atoms with Gasteiger partial charge in [-0.25, -0.2) is 4.68 Å². The Morgan fingerprint density at radius 2 is 1.86 bits per heavy atom. The zero-order valence-corrected chi connectivity index (χ0v) is 11.0. The first-order valence-electron chi connectivity index (χ1n) is 4.29. The number of fused-ring (bicyclic) bond motifs is 1. The standard InChI is InChI=1S/C9H9Br2N3/c1-5(2)14-9-4-7(11)6(10)3-8(9)12-13-14/h3-5H,1-2H3. The maximum Gasteiger partial charge on any atom is 0.114 e. The molecule has 0 aliphatic heterocycles. The van der Waals surface area contributed by atoms with Crippen LogP contribution in [0.5, 0.6) is 0 Å². The van der Waals surface area contributed by atoms with Crippen molar-refractivity contribution in [1.29, 1.82) is 0 Å². The molecule has 0 atom stereocenters. The van der Waals surface area contributed by atoms with Crippen LogP contribution in [0.25, 0.3) is 11.0 Å². The van der Waals surface area contributed by atoms with Crippen LogP contribution in [0.2, 0.25) is 0 Å². The van der Waals surface area contributed by atoms with Crippen LogP contribution in [0.3, 0.4) is 0 Å². The van der Waals surface area contributed by atoms with Crippen molar-refractivity contribution in [1.82, 2.24) is 15.0 Å². The molecule has 5 heteroatoms. The molecule has 0 aliphatic carbocycles. The van der Waals surface area contributed by atoms with Crippen molar-refractivity contribution in [2.45, 2.75) is 19.9 Å². The molecule has 2 aromatic rings. The number of nitrogens with zero attached hydrogens (tertiary/aromatic N) is 3. The van der Waals surface area contributed by atoms with E-state index in [4.69, 9.17) is 0 Å². The second-order valence-corrected chi connectivity index (χ2v) is 5.09. The molecule has 0 radical (unpaired) electrons. The Morgan fingerprint density at radius 3 is 2.50 bits per heavy atom. The smallest absolute Gasteiger partial charge is 0.114 e. The number of halogens is 2. The zero-order valence-electron chi connectivity index (χ0n) is 7.83. The fourth-order valence-electron chi connectivity index (χ4n) is 1.32. The van der Waals surface area contributed by atoms with E-state index in [-0.39, 0.29) is 0 Å². The number of rotatable bonds is 1. The predicted octanol–water partition coefficient (Wildman–Crippen LogP) is 3.54. The van der Waals surface area contributed by atoms with Gasteiger partial charge >= 0.3 is 0 Å². The lowest BCUT2D eigenvalue weighted by Crippen LogP contribution is -2.02. The molecule has 0 unspecified atom stereocenters. The minimum Gasteiger partial charge on any atom is -0.242 e. The average molecular weight is 319 g/mol. The van der Waals surface area contributed by atoms with Gasteiger partial charge in [-0.05, 0) is 57.8 Å². The first-order valence-corrected chi connectivity index (χ1v) is 5.88. The van der Waals surface area contributed by atoms with Gasteiger partial charge in [0.1, 0.15) is 5.52 Å². The molecule has 74 valence electrons. The molecule has 14 heavy (non-hydrogen) atoms. The molecule has 1 heterocycles. The van der Waals surface area contributed by atoms with Gasteiger partial charge in [0.2, 0.25) is 0 Å². The van der Waals surface area contributed by atoms with Crippen LogP contribution in [-0.4, -0.2) is 15.0 Å². The summed E-state index contributed by atoms with van der Waals surface area (Å²) in [6.07, 6.45) is 0. The first-order chi connectivity index (χ1) is 6.59. The van der Waals surface area contributed by atoms with Crippen LogP contribution in [0, 0.1) is 0 Å². The summed E-state index contributed by atoms with van der Waals surface area (Å²) in [5.41, 5.74) is 1.96. The lowest BCUT2D eigenvalue weighted by molar-refractivity contribution is 0.530. The summed E-state index contributed by atoms with van der Waals surface area (Å²) in [7, 11) is 0. The third kappa shape index (κ3) is 1.59. The van der Waals surface area contributed by atoms with Gasteiger partial charge in [-0.1, -0.05) is 5.21 Å². The normalized spacial score (nSPS) is 11.5. The molecule has 0 aliphatic rings. The molecule has 0 saturated heterocycles. The van der Waals surface area contributed by atoms with Gasteiger partial charge in [-0.15, -0.1) is 5.10 Å². The molecule has 0 saturated carbocycles. The number of hydrogen-bond donors (Lipinski definition) is 0. The molecule has 1 aromatic carbocycles. The number of benzene rings is 1. The van der Waals surface area contributed by atoms with E-state index in [0.717, 1.165) is 20.0 Å². The quantitative estimate of drug-likeness (QED) is 0.805. The number of aromatic nitrogens is 3. The second kappa shape index (κ2) is 3.62. The Balaban J connectivity index is 2.74. The highest BCUT2D eigenvalue weighted by Crippen LogP contribution is 2.28. The Labute approximate surface area is 98.7 Å². The molecule has 2 rings (SSSR count). The highest BCUT2D eigenvalue weighted by atomic mass is 79.9. The second-order valence-electron chi connectivity index (χ2n) is 3.38. The lowest BCUT2D eigenvalue weighted by atomic mass is 10.3. The Hall–Kier alpha value is -0.420. The van der Waals surface area contributed by atoms with Gasteiger partial charge in [0.05, 0.1) is 5.52 Å². The number of hydrogen-bond acceptors (Lipinski definition) is 2. The van der Waals surface area contributed by atoms with Gasteiger partial charge in [0.15, 0.2) is 0 Å². The highest BCUT2D eigenvalue weighted by molar-refractivity contribution is 9.13. The van der Waals surface area contributed by atoms with Gasteiger partial charge in [-0.2, -0.15) is 0 Å². The van der Waals surface area contributed by atoms with Gasteiger partial charge in [-0.3, -0.25) is 0 Å². The first kappa shape index (κ1) is 10.1. The molecule has 0 N–H and O–H groups in total. The predicted molar refractivity (Wildman–Crippen MR) is 63.3 cm³/mol. The summed E-state index contributed by atoms with van der Waals surface area (Å²) in [6.45, 7) is 4.17. The van der Waals surface area contributed by atoms with Crippen molar-refractivity contribution in [3.05, 3.63) is 21.1 Å². The highest BCUT2D eigenvalue weighted by Gasteiger charge is 2.09. The topological polar surface area (TPSA) is 30.7 Å². The average Bonchev–Trinajstić information content (AvgIpc) is 2.48. The van der Waals surface area contributed by atoms with Crippen molar-refractivity contribution in [2.75, 3.05) is 0 Å². The van der Waals surface area contributed by atoms with Crippen LogP contribution in [0.4, 0.5) is 0 Å². The summed E-state index contributed by atoms with van der Waals surface area (Å²) in [5, 5.41) is 8.21. The summed E-state index contributed by atoms with van der Waals surface area (Å²) in [4.78, 5) is 0. The molecular weight excluding hydrogens is 310 g/mol. The Morgan fingerprint density at radius 1 is 1.21 bits per heavy atom. The minimum absolute atomic E-state index is 0.327. The van der Waals surface area contributed by atoms with Crippen molar-refractivity contribution < 1.29 is 0 Å². The Kier molecular flexibility index (Phi) is 2.62. The van der Waals surface area contributed by atoms with Crippen LogP contribution >= 0.6 is 31.9 Å². The maximum absolute atomic E-state index is 4.10. The van der Waals surface area contributed by atoms with Crippen LogP contribution in [-0.2, 0) is 0 Å². The van der Waals surface area contributed by atoms with E-state index < -0.39 is 0 Å². The fourth-order valence-corrected chi connectivity index (χ4v) is 1.98.